The lowest BCUT2D eigenvalue weighted by Gasteiger charge is -2.30. The fourth-order valence-corrected chi connectivity index (χ4v) is 1.34. The van der Waals surface area contributed by atoms with Crippen molar-refractivity contribution in [3.8, 4) is 0 Å². The Hall–Kier alpha value is -0.610. The highest BCUT2D eigenvalue weighted by Crippen LogP contribution is 2.24. The number of nitrogens with two attached hydrogens (primary N) is 3. The molecule has 0 rings (SSSR count). The van der Waals surface area contributed by atoms with E-state index in [9.17, 15) is 4.79 Å². The number of hydrogen-bond acceptors (Lipinski definition) is 3. The van der Waals surface area contributed by atoms with Crippen LogP contribution in [0.5, 0.6) is 0 Å². The van der Waals surface area contributed by atoms with Crippen LogP contribution in [0, 0.1) is 5.41 Å². The summed E-state index contributed by atoms with van der Waals surface area (Å²) in [6.45, 7) is 5.67. The van der Waals surface area contributed by atoms with Crippen LogP contribution in [0.4, 0.5) is 0 Å². The summed E-state index contributed by atoms with van der Waals surface area (Å²) >= 11 is 0. The second-order valence-corrected chi connectivity index (χ2v) is 4.05. The summed E-state index contributed by atoms with van der Waals surface area (Å²) in [4.78, 5) is 10.8. The fourth-order valence-electron chi connectivity index (χ4n) is 1.34. The van der Waals surface area contributed by atoms with Crippen LogP contribution in [0.2, 0.25) is 0 Å². The zero-order valence-corrected chi connectivity index (χ0v) is 8.00. The van der Waals surface area contributed by atoms with Crippen LogP contribution < -0.4 is 17.2 Å². The van der Waals surface area contributed by atoms with Gasteiger partial charge in [0, 0.05) is 6.04 Å². The molecule has 6 N–H and O–H groups in total. The van der Waals surface area contributed by atoms with Gasteiger partial charge in [-0.1, -0.05) is 13.8 Å². The van der Waals surface area contributed by atoms with Crippen LogP contribution in [0.1, 0.15) is 27.2 Å². The molecule has 0 aromatic heterocycles. The van der Waals surface area contributed by atoms with Gasteiger partial charge in [0.1, 0.15) is 0 Å². The van der Waals surface area contributed by atoms with E-state index < -0.39 is 11.9 Å². The lowest BCUT2D eigenvalue weighted by Crippen LogP contribution is -2.49. The van der Waals surface area contributed by atoms with Crippen LogP contribution in [-0.2, 0) is 4.79 Å². The molecule has 0 aliphatic carbocycles. The molecular formula is C8H19N3O. The van der Waals surface area contributed by atoms with Crippen LogP contribution in [-0.4, -0.2) is 18.0 Å². The topological polar surface area (TPSA) is 95.1 Å². The standard InChI is InChI=1S/C8H19N3O/c1-5(9)4-8(2,3)6(10)7(11)12/h5-6H,4,9-10H2,1-3H3,(H2,11,12). The normalized spacial score (nSPS) is 17.1. The van der Waals surface area contributed by atoms with Crippen LogP contribution in [0.25, 0.3) is 0 Å². The lowest BCUT2D eigenvalue weighted by molar-refractivity contribution is -0.121. The average molecular weight is 173 g/mol. The van der Waals surface area contributed by atoms with Crippen molar-refractivity contribution < 1.29 is 4.79 Å². The van der Waals surface area contributed by atoms with Crippen molar-refractivity contribution >= 4 is 5.91 Å². The van der Waals surface area contributed by atoms with Crippen molar-refractivity contribution in [1.29, 1.82) is 0 Å². The van der Waals surface area contributed by atoms with E-state index in [2.05, 4.69) is 0 Å². The Balaban J connectivity index is 4.28. The quantitative estimate of drug-likeness (QED) is 0.538. The Morgan fingerprint density at radius 1 is 1.42 bits per heavy atom. The average Bonchev–Trinajstić information content (AvgIpc) is 1.82. The molecule has 0 radical (unpaired) electrons. The molecule has 12 heavy (non-hydrogen) atoms. The summed E-state index contributed by atoms with van der Waals surface area (Å²) in [7, 11) is 0. The zero-order chi connectivity index (χ0) is 9.94. The minimum atomic E-state index is -0.622. The molecule has 0 aliphatic rings. The van der Waals surface area contributed by atoms with Crippen LogP contribution >= 0.6 is 0 Å². The van der Waals surface area contributed by atoms with Crippen molar-refractivity contribution in [2.75, 3.05) is 0 Å². The monoisotopic (exact) mass is 173 g/mol. The SMILES string of the molecule is CC(N)CC(C)(C)C(N)C(N)=O. The molecule has 2 unspecified atom stereocenters. The minimum absolute atomic E-state index is 0.0328. The van der Waals surface area contributed by atoms with E-state index >= 15 is 0 Å². The first-order chi connectivity index (χ1) is 5.27. The molecule has 0 spiro atoms. The van der Waals surface area contributed by atoms with Crippen molar-refractivity contribution in [3.05, 3.63) is 0 Å². The Bertz CT molecular complexity index is 166. The second kappa shape index (κ2) is 3.87. The highest BCUT2D eigenvalue weighted by molar-refractivity contribution is 5.80. The summed E-state index contributed by atoms with van der Waals surface area (Å²) in [6, 6.07) is -0.589. The lowest BCUT2D eigenvalue weighted by atomic mass is 9.79. The van der Waals surface area contributed by atoms with Crippen molar-refractivity contribution in [2.45, 2.75) is 39.3 Å². The third-order valence-corrected chi connectivity index (χ3v) is 2.00. The third kappa shape index (κ3) is 3.19. The molecule has 4 nitrogen and oxygen atoms in total. The second-order valence-electron chi connectivity index (χ2n) is 4.05. The van der Waals surface area contributed by atoms with E-state index in [1.165, 1.54) is 0 Å². The highest BCUT2D eigenvalue weighted by atomic mass is 16.1. The summed E-state index contributed by atoms with van der Waals surface area (Å²) in [5, 5.41) is 0. The number of rotatable bonds is 4. The van der Waals surface area contributed by atoms with E-state index in [1.54, 1.807) is 0 Å². The first-order valence-corrected chi connectivity index (χ1v) is 4.08. The van der Waals surface area contributed by atoms with E-state index in [0.717, 1.165) is 0 Å². The maximum atomic E-state index is 10.8. The van der Waals surface area contributed by atoms with Gasteiger partial charge < -0.3 is 17.2 Å². The van der Waals surface area contributed by atoms with E-state index in [1.807, 2.05) is 20.8 Å². The number of carbonyl (C=O) groups excluding carboxylic acids is 1. The van der Waals surface area contributed by atoms with Gasteiger partial charge in [0.25, 0.3) is 0 Å². The summed E-state index contributed by atoms with van der Waals surface area (Å²) in [5.74, 6) is -0.472. The Kier molecular flexibility index (Phi) is 3.67. The molecule has 0 aromatic rings. The van der Waals surface area contributed by atoms with Crippen LogP contribution in [0.15, 0.2) is 0 Å². The van der Waals surface area contributed by atoms with Crippen molar-refractivity contribution in [3.63, 3.8) is 0 Å². The maximum Gasteiger partial charge on any atom is 0.234 e. The smallest absolute Gasteiger partial charge is 0.234 e. The fraction of sp³-hybridized carbons (Fsp3) is 0.875. The van der Waals surface area contributed by atoms with Gasteiger partial charge in [-0.25, -0.2) is 0 Å². The number of amides is 1. The molecule has 2 atom stereocenters. The molecular weight excluding hydrogens is 154 g/mol. The first-order valence-electron chi connectivity index (χ1n) is 4.08. The van der Waals surface area contributed by atoms with Gasteiger partial charge in [0.2, 0.25) is 5.91 Å². The Labute approximate surface area is 73.5 Å². The summed E-state index contributed by atoms with van der Waals surface area (Å²) in [5.41, 5.74) is 16.0. The molecule has 0 saturated heterocycles. The summed E-state index contributed by atoms with van der Waals surface area (Å²) in [6.07, 6.45) is 0.692. The predicted octanol–water partition coefficient (Wildman–Crippen LogP) is -0.437. The van der Waals surface area contributed by atoms with Crippen molar-refractivity contribution in [1.82, 2.24) is 0 Å². The molecule has 0 heterocycles. The van der Waals surface area contributed by atoms with E-state index in [-0.39, 0.29) is 11.5 Å². The maximum absolute atomic E-state index is 10.8. The van der Waals surface area contributed by atoms with Gasteiger partial charge in [-0.3, -0.25) is 4.79 Å². The molecule has 0 bridgehead atoms. The highest BCUT2D eigenvalue weighted by Gasteiger charge is 2.31. The summed E-state index contributed by atoms with van der Waals surface area (Å²) < 4.78 is 0. The van der Waals surface area contributed by atoms with E-state index in [4.69, 9.17) is 17.2 Å². The zero-order valence-electron chi connectivity index (χ0n) is 8.00. The van der Waals surface area contributed by atoms with Gasteiger partial charge in [0.15, 0.2) is 0 Å². The number of primary amides is 1. The number of hydrogen-bond donors (Lipinski definition) is 3. The molecule has 0 aromatic carbocycles. The predicted molar refractivity (Wildman–Crippen MR) is 49.2 cm³/mol. The van der Waals surface area contributed by atoms with Gasteiger partial charge in [-0.15, -0.1) is 0 Å². The molecule has 4 heteroatoms. The molecule has 72 valence electrons. The van der Waals surface area contributed by atoms with Gasteiger partial charge in [-0.05, 0) is 18.8 Å². The Morgan fingerprint density at radius 2 is 1.83 bits per heavy atom. The number of carbonyl (C=O) groups is 1. The van der Waals surface area contributed by atoms with Gasteiger partial charge in [-0.2, -0.15) is 0 Å². The minimum Gasteiger partial charge on any atom is -0.368 e. The van der Waals surface area contributed by atoms with Crippen molar-refractivity contribution in [2.24, 2.45) is 22.6 Å². The van der Waals surface area contributed by atoms with E-state index in [0.29, 0.717) is 6.42 Å². The third-order valence-electron chi connectivity index (χ3n) is 2.00. The largest absolute Gasteiger partial charge is 0.368 e. The Morgan fingerprint density at radius 3 is 2.08 bits per heavy atom. The van der Waals surface area contributed by atoms with Gasteiger partial charge >= 0.3 is 0 Å². The molecule has 0 saturated carbocycles. The molecule has 0 aliphatic heterocycles. The van der Waals surface area contributed by atoms with Gasteiger partial charge in [0.05, 0.1) is 6.04 Å². The molecule has 1 amide bonds. The van der Waals surface area contributed by atoms with Crippen LogP contribution in [0.3, 0.4) is 0 Å². The molecule has 0 fully saturated rings. The first kappa shape index (κ1) is 11.4.